The fourth-order valence-corrected chi connectivity index (χ4v) is 2.84. The van der Waals surface area contributed by atoms with Crippen molar-refractivity contribution < 1.29 is 9.53 Å². The Morgan fingerprint density at radius 3 is 3.00 bits per heavy atom. The van der Waals surface area contributed by atoms with Crippen LogP contribution in [0.4, 0.5) is 0 Å². The van der Waals surface area contributed by atoms with Gasteiger partial charge in [-0.15, -0.1) is 11.3 Å². The summed E-state index contributed by atoms with van der Waals surface area (Å²) in [6.45, 7) is 6.13. The third-order valence-electron chi connectivity index (χ3n) is 3.18. The molecule has 6 heteroatoms. The van der Waals surface area contributed by atoms with Gasteiger partial charge >= 0.3 is 0 Å². The zero-order chi connectivity index (χ0) is 13.5. The summed E-state index contributed by atoms with van der Waals surface area (Å²) in [7, 11) is 1.61. The van der Waals surface area contributed by atoms with E-state index in [2.05, 4.69) is 15.5 Å². The van der Waals surface area contributed by atoms with Crippen LogP contribution in [0.3, 0.4) is 0 Å². The molecule has 0 bridgehead atoms. The SMILES string of the molecule is COc1csc(C(=O)NCCCN2CCNCC2)c1. The lowest BCUT2D eigenvalue weighted by atomic mass is 10.3. The molecule has 1 amide bonds. The van der Waals surface area contributed by atoms with Gasteiger partial charge in [-0.25, -0.2) is 0 Å². The van der Waals surface area contributed by atoms with Gasteiger partial charge in [-0.1, -0.05) is 0 Å². The monoisotopic (exact) mass is 283 g/mol. The van der Waals surface area contributed by atoms with Crippen LogP contribution in [0.15, 0.2) is 11.4 Å². The molecule has 0 aromatic carbocycles. The molecule has 5 nitrogen and oxygen atoms in total. The van der Waals surface area contributed by atoms with Gasteiger partial charge in [-0.2, -0.15) is 0 Å². The Morgan fingerprint density at radius 2 is 2.32 bits per heavy atom. The minimum absolute atomic E-state index is 0.00592. The van der Waals surface area contributed by atoms with Crippen molar-refractivity contribution in [2.24, 2.45) is 0 Å². The molecule has 0 aliphatic carbocycles. The van der Waals surface area contributed by atoms with E-state index in [1.807, 2.05) is 5.38 Å². The molecule has 19 heavy (non-hydrogen) atoms. The summed E-state index contributed by atoms with van der Waals surface area (Å²) >= 11 is 1.41. The van der Waals surface area contributed by atoms with Gasteiger partial charge in [0.25, 0.3) is 5.91 Å². The van der Waals surface area contributed by atoms with Gasteiger partial charge in [0, 0.05) is 44.2 Å². The molecule has 106 valence electrons. The molecule has 1 aromatic heterocycles. The van der Waals surface area contributed by atoms with Gasteiger partial charge in [0.05, 0.1) is 12.0 Å². The summed E-state index contributed by atoms with van der Waals surface area (Å²) in [6.07, 6.45) is 0.994. The average Bonchev–Trinajstić information content (AvgIpc) is 2.93. The molecular formula is C13H21N3O2S. The fraction of sp³-hybridized carbons (Fsp3) is 0.615. The largest absolute Gasteiger partial charge is 0.496 e. The average molecular weight is 283 g/mol. The molecule has 2 N–H and O–H groups in total. The van der Waals surface area contributed by atoms with Crippen LogP contribution in [0.1, 0.15) is 16.1 Å². The van der Waals surface area contributed by atoms with Crippen LogP contribution < -0.4 is 15.4 Å². The predicted molar refractivity (Wildman–Crippen MR) is 77.1 cm³/mol. The molecule has 1 fully saturated rings. The number of carbonyl (C=O) groups is 1. The Bertz CT molecular complexity index is 402. The Morgan fingerprint density at radius 1 is 1.53 bits per heavy atom. The third kappa shape index (κ3) is 4.49. The highest BCUT2D eigenvalue weighted by Gasteiger charge is 2.10. The van der Waals surface area contributed by atoms with Crippen LogP contribution in [-0.2, 0) is 0 Å². The molecule has 1 aromatic rings. The molecule has 0 unspecified atom stereocenters. The molecular weight excluding hydrogens is 262 g/mol. The minimum atomic E-state index is -0.00592. The van der Waals surface area contributed by atoms with Crippen LogP contribution in [0.2, 0.25) is 0 Å². The first-order valence-electron chi connectivity index (χ1n) is 6.63. The maximum Gasteiger partial charge on any atom is 0.261 e. The number of amides is 1. The van der Waals surface area contributed by atoms with Crippen molar-refractivity contribution >= 4 is 17.2 Å². The second-order valence-electron chi connectivity index (χ2n) is 4.55. The van der Waals surface area contributed by atoms with Crippen molar-refractivity contribution in [1.82, 2.24) is 15.5 Å². The Kier molecular flexibility index (Phi) is 5.62. The molecule has 1 saturated heterocycles. The standard InChI is InChI=1S/C13H21N3O2S/c1-18-11-9-12(19-10-11)13(17)15-3-2-6-16-7-4-14-5-8-16/h9-10,14H,2-8H2,1H3,(H,15,17). The summed E-state index contributed by atoms with van der Waals surface area (Å²) in [6, 6.07) is 1.77. The van der Waals surface area contributed by atoms with E-state index in [1.54, 1.807) is 13.2 Å². The van der Waals surface area contributed by atoms with Crippen molar-refractivity contribution in [2.45, 2.75) is 6.42 Å². The van der Waals surface area contributed by atoms with Gasteiger partial charge in [0.2, 0.25) is 0 Å². The molecule has 2 heterocycles. The quantitative estimate of drug-likeness (QED) is 0.758. The highest BCUT2D eigenvalue weighted by Crippen LogP contribution is 2.20. The zero-order valence-electron chi connectivity index (χ0n) is 11.3. The first-order valence-corrected chi connectivity index (χ1v) is 7.51. The molecule has 0 spiro atoms. The first kappa shape index (κ1) is 14.3. The van der Waals surface area contributed by atoms with Crippen molar-refractivity contribution in [3.05, 3.63) is 16.3 Å². The molecule has 1 aliphatic rings. The number of nitrogens with zero attached hydrogens (tertiary/aromatic N) is 1. The third-order valence-corrected chi connectivity index (χ3v) is 4.09. The molecule has 0 atom stereocenters. The molecule has 0 radical (unpaired) electrons. The van der Waals surface area contributed by atoms with Gasteiger partial charge in [0.15, 0.2) is 0 Å². The number of nitrogens with one attached hydrogen (secondary N) is 2. The summed E-state index contributed by atoms with van der Waals surface area (Å²) < 4.78 is 5.07. The predicted octanol–water partition coefficient (Wildman–Crippen LogP) is 0.782. The summed E-state index contributed by atoms with van der Waals surface area (Å²) in [5.41, 5.74) is 0. The smallest absolute Gasteiger partial charge is 0.261 e. The van der Waals surface area contributed by atoms with Crippen LogP contribution in [0, 0.1) is 0 Å². The van der Waals surface area contributed by atoms with Crippen LogP contribution >= 0.6 is 11.3 Å². The van der Waals surface area contributed by atoms with Gasteiger partial charge in [-0.3, -0.25) is 4.79 Å². The number of ether oxygens (including phenoxy) is 1. The lowest BCUT2D eigenvalue weighted by molar-refractivity contribution is 0.0955. The van der Waals surface area contributed by atoms with Crippen LogP contribution in [0.25, 0.3) is 0 Å². The van der Waals surface area contributed by atoms with Gasteiger partial charge in [0.1, 0.15) is 5.75 Å². The van der Waals surface area contributed by atoms with Gasteiger partial charge < -0.3 is 20.3 Å². The van der Waals surface area contributed by atoms with E-state index in [0.717, 1.165) is 51.4 Å². The summed E-state index contributed by atoms with van der Waals surface area (Å²) in [5, 5.41) is 8.12. The van der Waals surface area contributed by atoms with Crippen molar-refractivity contribution in [3.63, 3.8) is 0 Å². The van der Waals surface area contributed by atoms with E-state index in [0.29, 0.717) is 4.88 Å². The summed E-state index contributed by atoms with van der Waals surface area (Å²) in [4.78, 5) is 15.0. The van der Waals surface area contributed by atoms with E-state index in [1.165, 1.54) is 11.3 Å². The topological polar surface area (TPSA) is 53.6 Å². The molecule has 2 rings (SSSR count). The number of carbonyl (C=O) groups excluding carboxylic acids is 1. The second kappa shape index (κ2) is 7.47. The van der Waals surface area contributed by atoms with Crippen molar-refractivity contribution in [1.29, 1.82) is 0 Å². The van der Waals surface area contributed by atoms with E-state index in [9.17, 15) is 4.79 Å². The maximum atomic E-state index is 11.8. The molecule has 0 saturated carbocycles. The number of hydrogen-bond acceptors (Lipinski definition) is 5. The van der Waals surface area contributed by atoms with Crippen molar-refractivity contribution in [2.75, 3.05) is 46.4 Å². The highest BCUT2D eigenvalue weighted by atomic mass is 32.1. The number of piperazine rings is 1. The molecule has 1 aliphatic heterocycles. The number of thiophene rings is 1. The summed E-state index contributed by atoms with van der Waals surface area (Å²) in [5.74, 6) is 0.740. The van der Waals surface area contributed by atoms with E-state index in [-0.39, 0.29) is 5.91 Å². The van der Waals surface area contributed by atoms with E-state index >= 15 is 0 Å². The first-order chi connectivity index (χ1) is 9.29. The lowest BCUT2D eigenvalue weighted by Crippen LogP contribution is -2.44. The van der Waals surface area contributed by atoms with Gasteiger partial charge in [-0.05, 0) is 13.0 Å². The Balaban J connectivity index is 1.63. The zero-order valence-corrected chi connectivity index (χ0v) is 12.1. The van der Waals surface area contributed by atoms with Crippen molar-refractivity contribution in [3.8, 4) is 5.75 Å². The Labute approximate surface area is 117 Å². The fourth-order valence-electron chi connectivity index (χ4n) is 2.07. The lowest BCUT2D eigenvalue weighted by Gasteiger charge is -2.27. The Hall–Kier alpha value is -1.11. The highest BCUT2D eigenvalue weighted by molar-refractivity contribution is 7.12. The van der Waals surface area contributed by atoms with E-state index in [4.69, 9.17) is 4.74 Å². The van der Waals surface area contributed by atoms with E-state index < -0.39 is 0 Å². The normalized spacial score (nSPS) is 16.3. The number of rotatable bonds is 6. The minimum Gasteiger partial charge on any atom is -0.496 e. The maximum absolute atomic E-state index is 11.8. The second-order valence-corrected chi connectivity index (χ2v) is 5.46. The number of hydrogen-bond donors (Lipinski definition) is 2. The van der Waals surface area contributed by atoms with Crippen LogP contribution in [0.5, 0.6) is 5.75 Å². The number of methoxy groups -OCH3 is 1. The van der Waals surface area contributed by atoms with Crippen LogP contribution in [-0.4, -0.2) is 57.2 Å².